The minimum Gasteiger partial charge on any atom is -0.507 e. The maximum atomic E-state index is 13.7. The largest absolute Gasteiger partial charge is 0.507 e. The van der Waals surface area contributed by atoms with Crippen molar-refractivity contribution in [2.45, 2.75) is 12.3 Å². The zero-order valence-electron chi connectivity index (χ0n) is 21.7. The second kappa shape index (κ2) is 9.49. The summed E-state index contributed by atoms with van der Waals surface area (Å²) in [7, 11) is 4.52. The van der Waals surface area contributed by atoms with Gasteiger partial charge in [-0.15, -0.1) is 0 Å². The first-order valence-corrected chi connectivity index (χ1v) is 12.3. The van der Waals surface area contributed by atoms with Gasteiger partial charge in [-0.25, -0.2) is 0 Å². The fraction of sp³-hybridized carbons (Fsp3) is 0.167. The number of carbonyl (C=O) groups is 1. The number of ether oxygens (including phenoxy) is 4. The monoisotopic (exact) mass is 541 g/mol. The number of fused-ring (bicyclic) bond motifs is 4. The molecule has 40 heavy (non-hydrogen) atoms. The number of carbonyl (C=O) groups excluding carboxylic acids is 1. The van der Waals surface area contributed by atoms with Gasteiger partial charge in [-0.2, -0.15) is 0 Å². The minimum absolute atomic E-state index is 0.0162. The first-order valence-electron chi connectivity index (χ1n) is 12.3. The maximum absolute atomic E-state index is 13.7. The number of H-pyrrole nitrogens is 1. The van der Waals surface area contributed by atoms with Crippen molar-refractivity contribution in [1.82, 2.24) is 4.98 Å². The molecule has 0 amide bonds. The third-order valence-corrected chi connectivity index (χ3v) is 7.12. The van der Waals surface area contributed by atoms with Crippen LogP contribution in [0.5, 0.6) is 28.7 Å². The first kappa shape index (κ1) is 25.1. The third kappa shape index (κ3) is 3.92. The predicted molar refractivity (Wildman–Crippen MR) is 146 cm³/mol. The molecule has 1 unspecified atom stereocenters. The molecule has 0 aliphatic carbocycles. The summed E-state index contributed by atoms with van der Waals surface area (Å²) in [6.07, 6.45) is 1.11. The molecule has 10 nitrogen and oxygen atoms in total. The van der Waals surface area contributed by atoms with Crippen molar-refractivity contribution in [1.29, 1.82) is 0 Å². The van der Waals surface area contributed by atoms with Gasteiger partial charge < -0.3 is 33.5 Å². The highest BCUT2D eigenvalue weighted by Crippen LogP contribution is 2.45. The van der Waals surface area contributed by atoms with Gasteiger partial charge in [0.1, 0.15) is 34.5 Å². The number of aromatic hydroxyl groups is 1. The van der Waals surface area contributed by atoms with E-state index in [9.17, 15) is 19.5 Å². The van der Waals surface area contributed by atoms with Crippen LogP contribution in [0.15, 0.2) is 68.8 Å². The Morgan fingerprint density at radius 1 is 0.925 bits per heavy atom. The number of rotatable bonds is 5. The van der Waals surface area contributed by atoms with Crippen LogP contribution in [0, 0.1) is 0 Å². The molecule has 1 aliphatic heterocycles. The zero-order chi connectivity index (χ0) is 28.1. The van der Waals surface area contributed by atoms with E-state index in [0.29, 0.717) is 33.9 Å². The lowest BCUT2D eigenvalue weighted by Crippen LogP contribution is -2.26. The predicted octanol–water partition coefficient (Wildman–Crippen LogP) is 4.47. The standard InChI is InChI=1S/C30H23NO9/c1-36-16-6-4-15-8-18(30(35)31-20(15)10-16)17-11-25(33)40-24-12-21(32)27-28(34)19(13-39-29(27)26(17)24)14-5-7-22(37-2)23(9-14)38-3/h4-10,12-13,17,32H,11H2,1-3H3,(H,31,35). The molecule has 0 saturated carbocycles. The molecule has 0 bridgehead atoms. The molecule has 0 spiro atoms. The number of methoxy groups -OCH3 is 3. The van der Waals surface area contributed by atoms with Crippen molar-refractivity contribution >= 4 is 27.8 Å². The van der Waals surface area contributed by atoms with Crippen molar-refractivity contribution in [2.24, 2.45) is 0 Å². The van der Waals surface area contributed by atoms with E-state index in [1.165, 1.54) is 33.7 Å². The van der Waals surface area contributed by atoms with E-state index in [-0.39, 0.29) is 34.3 Å². The minimum atomic E-state index is -0.801. The summed E-state index contributed by atoms with van der Waals surface area (Å²) in [6, 6.07) is 13.1. The zero-order valence-corrected chi connectivity index (χ0v) is 21.7. The van der Waals surface area contributed by atoms with E-state index >= 15 is 0 Å². The van der Waals surface area contributed by atoms with E-state index in [4.69, 9.17) is 23.4 Å². The molecule has 10 heteroatoms. The van der Waals surface area contributed by atoms with Gasteiger partial charge in [0.05, 0.1) is 38.8 Å². The number of hydrogen-bond donors (Lipinski definition) is 2. The van der Waals surface area contributed by atoms with Gasteiger partial charge in [-0.1, -0.05) is 6.07 Å². The van der Waals surface area contributed by atoms with Crippen LogP contribution >= 0.6 is 0 Å². The van der Waals surface area contributed by atoms with Gasteiger partial charge in [0.15, 0.2) is 11.5 Å². The van der Waals surface area contributed by atoms with E-state index in [0.717, 1.165) is 5.39 Å². The fourth-order valence-corrected chi connectivity index (χ4v) is 5.18. The summed E-state index contributed by atoms with van der Waals surface area (Å²) >= 11 is 0. The van der Waals surface area contributed by atoms with E-state index < -0.39 is 28.6 Å². The highest BCUT2D eigenvalue weighted by atomic mass is 16.5. The average molecular weight is 542 g/mol. The van der Waals surface area contributed by atoms with E-state index in [2.05, 4.69) is 4.98 Å². The first-order chi connectivity index (χ1) is 19.3. The number of nitrogens with one attached hydrogen (secondary N) is 1. The van der Waals surface area contributed by atoms with Crippen LogP contribution in [0.4, 0.5) is 0 Å². The lowest BCUT2D eigenvalue weighted by molar-refractivity contribution is -0.135. The van der Waals surface area contributed by atoms with Crippen LogP contribution in [0.3, 0.4) is 0 Å². The Balaban J connectivity index is 1.57. The summed E-state index contributed by atoms with van der Waals surface area (Å²) in [5, 5.41) is 11.5. The Kier molecular flexibility index (Phi) is 5.95. The van der Waals surface area contributed by atoms with Crippen LogP contribution < -0.4 is 29.9 Å². The van der Waals surface area contributed by atoms with E-state index in [1.54, 1.807) is 42.5 Å². The maximum Gasteiger partial charge on any atom is 0.312 e. The molecule has 2 aromatic heterocycles. The lowest BCUT2D eigenvalue weighted by atomic mass is 9.85. The smallest absolute Gasteiger partial charge is 0.312 e. The molecule has 6 rings (SSSR count). The second-order valence-electron chi connectivity index (χ2n) is 9.30. The number of esters is 1. The van der Waals surface area contributed by atoms with Gasteiger partial charge in [-0.05, 0) is 41.3 Å². The molecular formula is C30H23NO9. The Labute approximate surface area is 226 Å². The number of hydrogen-bond acceptors (Lipinski definition) is 9. The van der Waals surface area contributed by atoms with Crippen LogP contribution in [0.2, 0.25) is 0 Å². The molecule has 3 aromatic carbocycles. The van der Waals surface area contributed by atoms with Crippen LogP contribution in [0.25, 0.3) is 33.0 Å². The van der Waals surface area contributed by atoms with Gasteiger partial charge in [-0.3, -0.25) is 14.4 Å². The number of pyridine rings is 1. The molecule has 3 heterocycles. The molecule has 1 aliphatic rings. The number of aromatic nitrogens is 1. The molecule has 0 radical (unpaired) electrons. The highest BCUT2D eigenvalue weighted by Gasteiger charge is 2.35. The molecule has 2 N–H and O–H groups in total. The fourth-order valence-electron chi connectivity index (χ4n) is 5.18. The molecule has 202 valence electrons. The topological polar surface area (TPSA) is 137 Å². The summed E-state index contributed by atoms with van der Waals surface area (Å²) in [5.41, 5.74) is 0.918. The molecule has 5 aromatic rings. The lowest BCUT2D eigenvalue weighted by Gasteiger charge is -2.25. The number of benzene rings is 3. The highest BCUT2D eigenvalue weighted by molar-refractivity contribution is 5.94. The summed E-state index contributed by atoms with van der Waals surface area (Å²) < 4.78 is 27.3. The van der Waals surface area contributed by atoms with Crippen molar-refractivity contribution in [3.05, 3.63) is 86.5 Å². The summed E-state index contributed by atoms with van der Waals surface area (Å²) in [5.74, 6) is -0.318. The number of aromatic amines is 1. The number of phenolic OH excluding ortho intramolecular Hbond substituents is 1. The van der Waals surface area contributed by atoms with Crippen molar-refractivity contribution < 1.29 is 33.3 Å². The second-order valence-corrected chi connectivity index (χ2v) is 9.30. The molecule has 0 fully saturated rings. The quantitative estimate of drug-likeness (QED) is 0.244. The van der Waals surface area contributed by atoms with Gasteiger partial charge in [0.25, 0.3) is 5.56 Å². The van der Waals surface area contributed by atoms with Gasteiger partial charge >= 0.3 is 5.97 Å². The molecule has 0 saturated heterocycles. The van der Waals surface area contributed by atoms with Crippen LogP contribution in [-0.2, 0) is 4.79 Å². The van der Waals surface area contributed by atoms with Crippen molar-refractivity contribution in [2.75, 3.05) is 21.3 Å². The normalized spacial score (nSPS) is 14.6. The Bertz CT molecular complexity index is 1950. The van der Waals surface area contributed by atoms with Crippen molar-refractivity contribution in [3.63, 3.8) is 0 Å². The Morgan fingerprint density at radius 3 is 2.48 bits per heavy atom. The molecular weight excluding hydrogens is 518 g/mol. The SMILES string of the molecule is COc1ccc2cc(C3CC(=O)Oc4cc(O)c5c(=O)c(-c6ccc(OC)c(OC)c6)coc5c43)c(=O)[nH]c2c1. The summed E-state index contributed by atoms with van der Waals surface area (Å²) in [6.45, 7) is 0. The summed E-state index contributed by atoms with van der Waals surface area (Å²) in [4.78, 5) is 42.4. The molecule has 1 atom stereocenters. The van der Waals surface area contributed by atoms with Gasteiger partial charge in [0.2, 0.25) is 5.43 Å². The van der Waals surface area contributed by atoms with Gasteiger partial charge in [0, 0.05) is 29.2 Å². The number of phenols is 1. The van der Waals surface area contributed by atoms with Crippen molar-refractivity contribution in [3.8, 4) is 39.9 Å². The Hall–Kier alpha value is -5.25. The van der Waals surface area contributed by atoms with E-state index in [1.807, 2.05) is 0 Å². The van der Waals surface area contributed by atoms with Crippen LogP contribution in [-0.4, -0.2) is 37.4 Å². The average Bonchev–Trinajstić information content (AvgIpc) is 2.95. The third-order valence-electron chi connectivity index (χ3n) is 7.12. The Morgan fingerprint density at radius 2 is 1.73 bits per heavy atom. The van der Waals surface area contributed by atoms with Crippen LogP contribution in [0.1, 0.15) is 23.5 Å².